The quantitative estimate of drug-likeness (QED) is 0.421. The fraction of sp³-hybridized carbons (Fsp3) is 0.100. The van der Waals surface area contributed by atoms with E-state index in [1.165, 1.54) is 12.3 Å². The lowest BCUT2D eigenvalue weighted by molar-refractivity contribution is 0.631. The van der Waals surface area contributed by atoms with Crippen LogP contribution in [0.2, 0.25) is 5.02 Å². The minimum Gasteiger partial charge on any atom is -0.322 e. The van der Waals surface area contributed by atoms with E-state index in [0.717, 1.165) is 22.4 Å². The van der Waals surface area contributed by atoms with Crippen molar-refractivity contribution in [2.45, 2.75) is 13.8 Å². The van der Waals surface area contributed by atoms with E-state index in [1.807, 2.05) is 32.0 Å². The lowest BCUT2D eigenvalue weighted by Gasteiger charge is -2.12. The lowest BCUT2D eigenvalue weighted by atomic mass is 10.0. The molecule has 3 N–H and O–H groups in total. The molecule has 0 aliphatic heterocycles. The van der Waals surface area contributed by atoms with Crippen LogP contribution in [-0.2, 0) is 0 Å². The summed E-state index contributed by atoms with van der Waals surface area (Å²) in [4.78, 5) is 12.5. The zero-order valence-electron chi connectivity index (χ0n) is 15.7. The van der Waals surface area contributed by atoms with Gasteiger partial charge in [0.25, 0.3) is 0 Å². The van der Waals surface area contributed by atoms with E-state index in [-0.39, 0.29) is 11.6 Å². The highest BCUT2D eigenvalue weighted by Gasteiger charge is 2.12. The molecule has 0 fully saturated rings. The number of aryl methyl sites for hydroxylation is 2. The number of halogens is 2. The summed E-state index contributed by atoms with van der Waals surface area (Å²) in [5, 5.41) is 13.2. The number of hydrogen-bond acceptors (Lipinski definition) is 6. The molecule has 0 aliphatic rings. The first kappa shape index (κ1) is 18.8. The predicted octanol–water partition coefficient (Wildman–Crippen LogP) is 5.16. The Balaban J connectivity index is 1.61. The Bertz CT molecular complexity index is 1160. The summed E-state index contributed by atoms with van der Waals surface area (Å²) in [6.45, 7) is 3.80. The van der Waals surface area contributed by atoms with Gasteiger partial charge in [-0.15, -0.1) is 0 Å². The molecule has 0 unspecified atom stereocenters. The van der Waals surface area contributed by atoms with Gasteiger partial charge in [-0.1, -0.05) is 11.6 Å². The number of aromatic nitrogens is 5. The smallest absolute Gasteiger partial charge is 0.229 e. The first-order valence-corrected chi connectivity index (χ1v) is 9.16. The van der Waals surface area contributed by atoms with Gasteiger partial charge in [-0.3, -0.25) is 10.1 Å². The van der Waals surface area contributed by atoms with Crippen molar-refractivity contribution in [1.82, 2.24) is 25.1 Å². The molecule has 3 aromatic heterocycles. The molecule has 0 amide bonds. The molecule has 0 bridgehead atoms. The molecule has 29 heavy (non-hydrogen) atoms. The van der Waals surface area contributed by atoms with Crippen LogP contribution in [0.1, 0.15) is 11.3 Å². The third-order valence-electron chi connectivity index (χ3n) is 4.25. The van der Waals surface area contributed by atoms with Crippen LogP contribution >= 0.6 is 11.6 Å². The monoisotopic (exact) mass is 409 g/mol. The molecule has 0 saturated carbocycles. The number of pyridine rings is 1. The molecule has 146 valence electrons. The first-order valence-electron chi connectivity index (χ1n) is 8.79. The third kappa shape index (κ3) is 4.17. The zero-order valence-corrected chi connectivity index (χ0v) is 16.4. The highest BCUT2D eigenvalue weighted by Crippen LogP contribution is 2.30. The van der Waals surface area contributed by atoms with Crippen molar-refractivity contribution in [2.24, 2.45) is 0 Å². The number of H-pyrrole nitrogens is 1. The number of hydrogen-bond donors (Lipinski definition) is 3. The molecular formula is C20H17ClFN7. The number of nitrogens with one attached hydrogen (secondary N) is 3. The highest BCUT2D eigenvalue weighted by molar-refractivity contribution is 6.32. The number of anilines is 4. The van der Waals surface area contributed by atoms with Gasteiger partial charge >= 0.3 is 0 Å². The summed E-state index contributed by atoms with van der Waals surface area (Å²) in [6, 6.07) is 8.69. The minimum absolute atomic E-state index is 0.208. The maximum absolute atomic E-state index is 14.7. The molecule has 7 nitrogen and oxygen atoms in total. The Morgan fingerprint density at radius 2 is 1.86 bits per heavy atom. The standard InChI is InChI=1S/C20H17ClFN7/c1-11-7-17(16(22)9-14(11)13-3-5-23-6-4-13)25-20-24-10-15(21)19(27-20)26-18-8-12(2)28-29-18/h3-10H,1-2H3,(H3,24,25,26,27,28,29). The van der Waals surface area contributed by atoms with Crippen molar-refractivity contribution in [3.05, 3.63) is 71.0 Å². The van der Waals surface area contributed by atoms with E-state index < -0.39 is 5.82 Å². The van der Waals surface area contributed by atoms with E-state index in [1.54, 1.807) is 18.5 Å². The Morgan fingerprint density at radius 1 is 1.07 bits per heavy atom. The maximum atomic E-state index is 14.7. The van der Waals surface area contributed by atoms with Crippen LogP contribution in [0.3, 0.4) is 0 Å². The summed E-state index contributed by atoms with van der Waals surface area (Å²) in [5.41, 5.74) is 3.75. The van der Waals surface area contributed by atoms with Gasteiger partial charge in [-0.05, 0) is 54.8 Å². The number of aromatic amines is 1. The van der Waals surface area contributed by atoms with Gasteiger partial charge in [0.15, 0.2) is 11.6 Å². The van der Waals surface area contributed by atoms with Crippen LogP contribution in [0, 0.1) is 19.7 Å². The first-order chi connectivity index (χ1) is 14.0. The SMILES string of the molecule is Cc1cc(Nc2nc(Nc3cc(C)c(-c4ccncc4)cc3F)ncc2Cl)n[nH]1. The van der Waals surface area contributed by atoms with E-state index in [4.69, 9.17) is 11.6 Å². The Kier molecular flexibility index (Phi) is 5.09. The molecule has 3 heterocycles. The van der Waals surface area contributed by atoms with Crippen LogP contribution in [0.4, 0.5) is 27.7 Å². The van der Waals surface area contributed by atoms with E-state index in [0.29, 0.717) is 16.7 Å². The molecule has 0 spiro atoms. The number of nitrogens with zero attached hydrogens (tertiary/aromatic N) is 4. The van der Waals surface area contributed by atoms with Gasteiger partial charge in [0.2, 0.25) is 5.95 Å². The van der Waals surface area contributed by atoms with Gasteiger partial charge in [0.05, 0.1) is 11.9 Å². The van der Waals surface area contributed by atoms with E-state index in [9.17, 15) is 4.39 Å². The second kappa shape index (κ2) is 7.84. The van der Waals surface area contributed by atoms with Crippen molar-refractivity contribution in [3.63, 3.8) is 0 Å². The van der Waals surface area contributed by atoms with Crippen molar-refractivity contribution >= 4 is 34.9 Å². The van der Waals surface area contributed by atoms with Crippen LogP contribution in [0.15, 0.2) is 48.9 Å². The number of benzene rings is 1. The van der Waals surface area contributed by atoms with Gasteiger partial charge in [0.1, 0.15) is 10.8 Å². The van der Waals surface area contributed by atoms with Crippen molar-refractivity contribution < 1.29 is 4.39 Å². The van der Waals surface area contributed by atoms with Crippen molar-refractivity contribution in [2.75, 3.05) is 10.6 Å². The fourth-order valence-corrected chi connectivity index (χ4v) is 3.00. The summed E-state index contributed by atoms with van der Waals surface area (Å²) in [6.07, 6.45) is 4.79. The van der Waals surface area contributed by atoms with Crippen LogP contribution in [0.25, 0.3) is 11.1 Å². The molecule has 0 saturated heterocycles. The molecule has 4 rings (SSSR count). The number of rotatable bonds is 5. The summed E-state index contributed by atoms with van der Waals surface area (Å²) in [7, 11) is 0. The van der Waals surface area contributed by atoms with Gasteiger partial charge < -0.3 is 10.6 Å². The lowest BCUT2D eigenvalue weighted by Crippen LogP contribution is -2.03. The fourth-order valence-electron chi connectivity index (χ4n) is 2.86. The maximum Gasteiger partial charge on any atom is 0.229 e. The molecule has 4 aromatic rings. The van der Waals surface area contributed by atoms with Crippen molar-refractivity contribution in [1.29, 1.82) is 0 Å². The van der Waals surface area contributed by atoms with E-state index in [2.05, 4.69) is 35.8 Å². The van der Waals surface area contributed by atoms with Crippen LogP contribution in [-0.4, -0.2) is 25.1 Å². The Morgan fingerprint density at radius 3 is 2.59 bits per heavy atom. The summed E-state index contributed by atoms with van der Waals surface area (Å²) < 4.78 is 14.7. The largest absolute Gasteiger partial charge is 0.322 e. The van der Waals surface area contributed by atoms with Gasteiger partial charge in [-0.25, -0.2) is 9.37 Å². The van der Waals surface area contributed by atoms with Crippen LogP contribution < -0.4 is 10.6 Å². The second-order valence-electron chi connectivity index (χ2n) is 6.46. The highest BCUT2D eigenvalue weighted by atomic mass is 35.5. The Labute approximate surface area is 171 Å². The van der Waals surface area contributed by atoms with Crippen molar-refractivity contribution in [3.8, 4) is 11.1 Å². The van der Waals surface area contributed by atoms with Gasteiger partial charge in [-0.2, -0.15) is 10.1 Å². The average Bonchev–Trinajstić information content (AvgIpc) is 3.12. The summed E-state index contributed by atoms with van der Waals surface area (Å²) >= 11 is 6.17. The third-order valence-corrected chi connectivity index (χ3v) is 4.52. The van der Waals surface area contributed by atoms with E-state index >= 15 is 0 Å². The minimum atomic E-state index is -0.418. The Hall–Kier alpha value is -3.52. The predicted molar refractivity (Wildman–Crippen MR) is 111 cm³/mol. The topological polar surface area (TPSA) is 91.4 Å². The molecule has 1 aromatic carbocycles. The normalized spacial score (nSPS) is 10.8. The zero-order chi connectivity index (χ0) is 20.4. The summed E-state index contributed by atoms with van der Waals surface area (Å²) in [5.74, 6) is 0.719. The molecular weight excluding hydrogens is 393 g/mol. The molecule has 0 aliphatic carbocycles. The average molecular weight is 410 g/mol. The molecule has 0 atom stereocenters. The van der Waals surface area contributed by atoms with Crippen LogP contribution in [0.5, 0.6) is 0 Å². The van der Waals surface area contributed by atoms with Gasteiger partial charge in [0, 0.05) is 24.2 Å². The molecule has 9 heteroatoms. The molecule has 0 radical (unpaired) electrons. The second-order valence-corrected chi connectivity index (χ2v) is 6.87.